The first-order chi connectivity index (χ1) is 7.99. The molecule has 0 aliphatic carbocycles. The first kappa shape index (κ1) is 11.2. The van der Waals surface area contributed by atoms with E-state index < -0.39 is 5.97 Å². The van der Waals surface area contributed by atoms with E-state index in [-0.39, 0.29) is 11.4 Å². The average molecular weight is 232 g/mol. The zero-order valence-corrected chi connectivity index (χ0v) is 9.51. The molecule has 5 nitrogen and oxygen atoms in total. The van der Waals surface area contributed by atoms with Crippen molar-refractivity contribution in [1.82, 2.24) is 9.78 Å². The maximum absolute atomic E-state index is 10.9. The lowest BCUT2D eigenvalue weighted by molar-refractivity contribution is 0.0685. The van der Waals surface area contributed by atoms with Crippen LogP contribution >= 0.6 is 0 Å². The summed E-state index contributed by atoms with van der Waals surface area (Å²) in [4.78, 5) is 10.9. The van der Waals surface area contributed by atoms with E-state index >= 15 is 0 Å². The Bertz CT molecular complexity index is 587. The van der Waals surface area contributed by atoms with E-state index in [9.17, 15) is 9.90 Å². The highest BCUT2D eigenvalue weighted by Gasteiger charge is 2.14. The van der Waals surface area contributed by atoms with Crippen molar-refractivity contribution in [3.05, 3.63) is 35.5 Å². The molecule has 0 saturated heterocycles. The number of hydrogen-bond acceptors (Lipinski definition) is 3. The number of rotatable bonds is 2. The van der Waals surface area contributed by atoms with Crippen LogP contribution in [0.15, 0.2) is 24.3 Å². The zero-order valence-electron chi connectivity index (χ0n) is 9.51. The summed E-state index contributed by atoms with van der Waals surface area (Å²) >= 11 is 0. The van der Waals surface area contributed by atoms with Gasteiger partial charge in [-0.1, -0.05) is 11.6 Å². The molecule has 88 valence electrons. The maximum Gasteiger partial charge on any atom is 0.354 e. The summed E-state index contributed by atoms with van der Waals surface area (Å²) in [5.74, 6) is -0.955. The number of aryl methyl sites for hydroxylation is 2. The Kier molecular flexibility index (Phi) is 2.59. The number of nitrogens with zero attached hydrogens (tertiary/aromatic N) is 2. The third kappa shape index (κ3) is 1.99. The quantitative estimate of drug-likeness (QED) is 0.827. The zero-order chi connectivity index (χ0) is 12.6. The van der Waals surface area contributed by atoms with Gasteiger partial charge in [-0.25, -0.2) is 4.79 Å². The van der Waals surface area contributed by atoms with E-state index in [1.807, 2.05) is 6.92 Å². The maximum atomic E-state index is 10.9. The summed E-state index contributed by atoms with van der Waals surface area (Å²) < 4.78 is 1.28. The second-order valence-electron chi connectivity index (χ2n) is 3.86. The number of aromatic carboxylic acids is 1. The number of aromatic nitrogens is 2. The number of hydrogen-bond donors (Lipinski definition) is 2. The highest BCUT2D eigenvalue weighted by molar-refractivity contribution is 5.87. The van der Waals surface area contributed by atoms with Gasteiger partial charge in [0, 0.05) is 12.6 Å². The van der Waals surface area contributed by atoms with Gasteiger partial charge >= 0.3 is 5.97 Å². The lowest BCUT2D eigenvalue weighted by atomic mass is 10.1. The number of phenolic OH excluding ortho intramolecular Hbond substituents is 1. The van der Waals surface area contributed by atoms with Gasteiger partial charge < -0.3 is 10.2 Å². The van der Waals surface area contributed by atoms with Crippen LogP contribution in [0, 0.1) is 6.92 Å². The molecule has 17 heavy (non-hydrogen) atoms. The van der Waals surface area contributed by atoms with Crippen LogP contribution in [0.1, 0.15) is 16.1 Å². The minimum absolute atomic E-state index is 0.0842. The average Bonchev–Trinajstić information content (AvgIpc) is 2.64. The monoisotopic (exact) mass is 232 g/mol. The first-order valence-electron chi connectivity index (χ1n) is 5.06. The van der Waals surface area contributed by atoms with Crippen LogP contribution < -0.4 is 0 Å². The molecule has 2 N–H and O–H groups in total. The van der Waals surface area contributed by atoms with Gasteiger partial charge in [-0.05, 0) is 25.1 Å². The Morgan fingerprint density at radius 3 is 2.65 bits per heavy atom. The van der Waals surface area contributed by atoms with Crippen LogP contribution in [0.3, 0.4) is 0 Å². The second kappa shape index (κ2) is 3.93. The van der Waals surface area contributed by atoms with Crippen molar-refractivity contribution in [3.8, 4) is 17.0 Å². The van der Waals surface area contributed by atoms with Crippen molar-refractivity contribution < 1.29 is 15.0 Å². The molecule has 0 aliphatic rings. The minimum Gasteiger partial charge on any atom is -0.507 e. The molecule has 2 aromatic rings. The normalized spacial score (nSPS) is 10.5. The van der Waals surface area contributed by atoms with Gasteiger partial charge in [-0.15, -0.1) is 0 Å². The number of aromatic hydroxyl groups is 1. The van der Waals surface area contributed by atoms with Gasteiger partial charge in [-0.2, -0.15) is 5.10 Å². The lowest BCUT2D eigenvalue weighted by Gasteiger charge is -2.01. The van der Waals surface area contributed by atoms with Crippen molar-refractivity contribution in [3.63, 3.8) is 0 Å². The minimum atomic E-state index is -1.04. The molecule has 1 aromatic carbocycles. The lowest BCUT2D eigenvalue weighted by Crippen LogP contribution is -2.04. The third-order valence-corrected chi connectivity index (χ3v) is 2.53. The van der Waals surface area contributed by atoms with Crippen molar-refractivity contribution in [2.24, 2.45) is 7.05 Å². The van der Waals surface area contributed by atoms with Crippen molar-refractivity contribution in [2.75, 3.05) is 0 Å². The van der Waals surface area contributed by atoms with Gasteiger partial charge in [0.05, 0.1) is 5.69 Å². The Labute approximate surface area is 97.9 Å². The smallest absolute Gasteiger partial charge is 0.354 e. The van der Waals surface area contributed by atoms with Crippen LogP contribution in [0.2, 0.25) is 0 Å². The fourth-order valence-corrected chi connectivity index (χ4v) is 1.65. The van der Waals surface area contributed by atoms with E-state index in [0.717, 1.165) is 5.56 Å². The highest BCUT2D eigenvalue weighted by Crippen LogP contribution is 2.29. The molecule has 0 aliphatic heterocycles. The largest absolute Gasteiger partial charge is 0.507 e. The summed E-state index contributed by atoms with van der Waals surface area (Å²) in [7, 11) is 1.56. The van der Waals surface area contributed by atoms with Gasteiger partial charge in [0.15, 0.2) is 0 Å². The number of carboxylic acids is 1. The molecule has 0 amide bonds. The Morgan fingerprint density at radius 1 is 1.35 bits per heavy atom. The van der Waals surface area contributed by atoms with Crippen molar-refractivity contribution in [2.45, 2.75) is 6.92 Å². The topological polar surface area (TPSA) is 75.3 Å². The summed E-state index contributed by atoms with van der Waals surface area (Å²) in [6.07, 6.45) is 0. The van der Waals surface area contributed by atoms with Gasteiger partial charge in [-0.3, -0.25) is 4.68 Å². The number of carbonyl (C=O) groups is 1. The second-order valence-corrected chi connectivity index (χ2v) is 3.86. The molecule has 1 heterocycles. The predicted octanol–water partition coefficient (Wildman–Crippen LogP) is 1.80. The standard InChI is InChI=1S/C12H12N2O3/c1-7-3-4-11(15)8(5-7)9-6-10(12(16)17)14(2)13-9/h3-6,15H,1-2H3,(H,16,17). The van der Waals surface area contributed by atoms with Crippen LogP contribution in [-0.4, -0.2) is 26.0 Å². The van der Waals surface area contributed by atoms with Crippen LogP contribution in [-0.2, 0) is 7.05 Å². The van der Waals surface area contributed by atoms with E-state index in [1.165, 1.54) is 10.7 Å². The fourth-order valence-electron chi connectivity index (χ4n) is 1.65. The summed E-state index contributed by atoms with van der Waals surface area (Å²) in [5.41, 5.74) is 2.04. The molecule has 2 rings (SSSR count). The highest BCUT2D eigenvalue weighted by atomic mass is 16.4. The molecule has 1 aromatic heterocycles. The van der Waals surface area contributed by atoms with E-state index in [4.69, 9.17) is 5.11 Å². The molecule has 0 radical (unpaired) electrons. The van der Waals surface area contributed by atoms with E-state index in [2.05, 4.69) is 5.10 Å². The summed E-state index contributed by atoms with van der Waals surface area (Å²) in [5, 5.41) is 22.7. The third-order valence-electron chi connectivity index (χ3n) is 2.53. The molecule has 0 atom stereocenters. The molecule has 0 unspecified atom stereocenters. The molecule has 5 heteroatoms. The Balaban J connectivity index is 2.57. The molecule has 0 spiro atoms. The van der Waals surface area contributed by atoms with Crippen LogP contribution in [0.4, 0.5) is 0 Å². The molecule has 0 saturated carbocycles. The fraction of sp³-hybridized carbons (Fsp3) is 0.167. The van der Waals surface area contributed by atoms with E-state index in [1.54, 1.807) is 25.2 Å². The molecule has 0 fully saturated rings. The first-order valence-corrected chi connectivity index (χ1v) is 5.06. The van der Waals surface area contributed by atoms with Crippen LogP contribution in [0.5, 0.6) is 5.75 Å². The summed E-state index contributed by atoms with van der Waals surface area (Å²) in [6.45, 7) is 1.89. The van der Waals surface area contributed by atoms with Gasteiger partial charge in [0.25, 0.3) is 0 Å². The van der Waals surface area contributed by atoms with Crippen molar-refractivity contribution >= 4 is 5.97 Å². The number of carboxylic acid groups (broad SMARTS) is 1. The Hall–Kier alpha value is -2.30. The predicted molar refractivity (Wildman–Crippen MR) is 62.0 cm³/mol. The number of benzene rings is 1. The summed E-state index contributed by atoms with van der Waals surface area (Å²) in [6, 6.07) is 6.56. The molecular weight excluding hydrogens is 220 g/mol. The van der Waals surface area contributed by atoms with Crippen molar-refractivity contribution in [1.29, 1.82) is 0 Å². The molecule has 0 bridgehead atoms. The van der Waals surface area contributed by atoms with Crippen LogP contribution in [0.25, 0.3) is 11.3 Å². The molecular formula is C12H12N2O3. The SMILES string of the molecule is Cc1ccc(O)c(-c2cc(C(=O)O)n(C)n2)c1. The van der Waals surface area contributed by atoms with Gasteiger partial charge in [0.2, 0.25) is 0 Å². The van der Waals surface area contributed by atoms with E-state index in [0.29, 0.717) is 11.3 Å². The number of phenols is 1. The van der Waals surface area contributed by atoms with Gasteiger partial charge in [0.1, 0.15) is 11.4 Å². The Morgan fingerprint density at radius 2 is 2.06 bits per heavy atom.